The number of aliphatic imine (C=N–C) groups is 1. The number of amides is 1. The second-order valence-corrected chi connectivity index (χ2v) is 10.1. The van der Waals surface area contributed by atoms with Crippen molar-refractivity contribution in [3.05, 3.63) is 59.3 Å². The average Bonchev–Trinajstić information content (AvgIpc) is 3.60. The fourth-order valence-electron chi connectivity index (χ4n) is 4.85. The van der Waals surface area contributed by atoms with E-state index in [1.165, 1.54) is 24.0 Å². The van der Waals surface area contributed by atoms with Gasteiger partial charge in [0.1, 0.15) is 16.1 Å². The number of nitrogens with zero attached hydrogens (tertiary/aromatic N) is 4. The molecule has 0 unspecified atom stereocenters. The van der Waals surface area contributed by atoms with Crippen molar-refractivity contribution < 1.29 is 13.9 Å². The first kappa shape index (κ1) is 23.1. The molecule has 0 saturated heterocycles. The van der Waals surface area contributed by atoms with Crippen LogP contribution in [0.3, 0.4) is 0 Å². The van der Waals surface area contributed by atoms with Crippen molar-refractivity contribution in [2.24, 2.45) is 16.6 Å². The molecule has 3 aromatic rings. The van der Waals surface area contributed by atoms with E-state index in [4.69, 9.17) is 16.9 Å². The van der Waals surface area contributed by atoms with Crippen LogP contribution in [0.15, 0.2) is 41.7 Å². The number of halogens is 1. The number of terminal acetylenes is 1. The molecule has 178 valence electrons. The summed E-state index contributed by atoms with van der Waals surface area (Å²) in [5.74, 6) is 2.06. The number of nitrogens with one attached hydrogen (secondary N) is 1. The van der Waals surface area contributed by atoms with Gasteiger partial charge in [0.2, 0.25) is 11.8 Å². The van der Waals surface area contributed by atoms with Gasteiger partial charge in [-0.25, -0.2) is 14.4 Å². The Hall–Kier alpha value is -3.71. The van der Waals surface area contributed by atoms with E-state index in [0.29, 0.717) is 41.0 Å². The number of aromatic nitrogens is 3. The Morgan fingerprint density at radius 3 is 3.00 bits per heavy atom. The van der Waals surface area contributed by atoms with Crippen molar-refractivity contribution in [1.29, 1.82) is 0 Å². The van der Waals surface area contributed by atoms with Gasteiger partial charge in [0.05, 0.1) is 22.9 Å². The summed E-state index contributed by atoms with van der Waals surface area (Å²) in [4.78, 5) is 30.6. The number of amidine groups is 1. The van der Waals surface area contributed by atoms with E-state index < -0.39 is 16.1 Å². The van der Waals surface area contributed by atoms with Crippen LogP contribution in [0.4, 0.5) is 4.39 Å². The largest absolute Gasteiger partial charge is 0.463 e. The number of thioether (sulfide) groups is 1. The van der Waals surface area contributed by atoms with E-state index in [1.807, 2.05) is 6.92 Å². The van der Waals surface area contributed by atoms with Gasteiger partial charge in [-0.3, -0.25) is 14.8 Å². The fraction of sp³-hybridized carbons (Fsp3) is 0.320. The van der Waals surface area contributed by atoms with Gasteiger partial charge in [-0.2, -0.15) is 0 Å². The number of carbonyl (C=O) groups excluding carboxylic acids is 1. The Labute approximate surface area is 206 Å². The molecule has 1 aliphatic heterocycles. The molecule has 8 nitrogen and oxygen atoms in total. The summed E-state index contributed by atoms with van der Waals surface area (Å²) in [6.07, 6.45) is 9.37. The monoisotopic (exact) mass is 490 g/mol. The van der Waals surface area contributed by atoms with Crippen LogP contribution >= 0.6 is 11.8 Å². The maximum atomic E-state index is 15.2. The van der Waals surface area contributed by atoms with Crippen LogP contribution in [0.5, 0.6) is 5.88 Å². The summed E-state index contributed by atoms with van der Waals surface area (Å²) in [5.41, 5.74) is 8.33. The Kier molecular flexibility index (Phi) is 5.60. The molecule has 3 N–H and O–H groups in total. The van der Waals surface area contributed by atoms with Crippen LogP contribution in [-0.4, -0.2) is 44.4 Å². The lowest BCUT2D eigenvalue weighted by Gasteiger charge is -2.33. The molecule has 35 heavy (non-hydrogen) atoms. The number of hydrogen-bond donors (Lipinski definition) is 2. The number of carbonyl (C=O) groups is 1. The summed E-state index contributed by atoms with van der Waals surface area (Å²) in [5, 5.41) is 2.99. The van der Waals surface area contributed by atoms with Crippen LogP contribution in [0.25, 0.3) is 11.0 Å². The van der Waals surface area contributed by atoms with Crippen molar-refractivity contribution in [2.75, 3.05) is 13.7 Å². The third-order valence-corrected chi connectivity index (χ3v) is 7.89. The summed E-state index contributed by atoms with van der Waals surface area (Å²) < 4.78 is 19.8. The van der Waals surface area contributed by atoms with Gasteiger partial charge >= 0.3 is 0 Å². The third-order valence-electron chi connectivity index (χ3n) is 6.59. The zero-order chi connectivity index (χ0) is 24.8. The van der Waals surface area contributed by atoms with Crippen molar-refractivity contribution in [3.63, 3.8) is 0 Å². The minimum atomic E-state index is -0.961. The molecule has 3 heterocycles. The predicted octanol–water partition coefficient (Wildman–Crippen LogP) is 2.55. The number of rotatable bonds is 6. The van der Waals surface area contributed by atoms with Crippen LogP contribution in [0.1, 0.15) is 30.2 Å². The lowest BCUT2D eigenvalue weighted by molar-refractivity contribution is -0.121. The Bertz CT molecular complexity index is 1420. The number of ether oxygens (including phenoxy) is 1. The SMILES string of the molecule is C#CCOc1cnc2c(Cc3ccc(F)c([C@@]4(C)N=C(N)S[C@@]5(C(=O)NC)C[C@H]54)c3)nccc2n1. The van der Waals surface area contributed by atoms with E-state index in [2.05, 4.69) is 31.2 Å². The summed E-state index contributed by atoms with van der Waals surface area (Å²) in [7, 11) is 1.60. The molecule has 0 spiro atoms. The van der Waals surface area contributed by atoms with E-state index in [-0.39, 0.29) is 23.6 Å². The molecular formula is C25H23FN6O2S. The standard InChI is InChI=1S/C25H23FN6O2S/c1-4-9-34-20-13-30-21-17(31-20)7-8-29-18(21)11-14-5-6-16(26)15(10-14)24(2)19-12-25(19,22(33)28-3)35-23(27)32-24/h1,5-8,10,13,19H,9,11-12H2,2-3H3,(H2,27,32)(H,28,33)/t19-,24+,25-/m0/s1. The van der Waals surface area contributed by atoms with Gasteiger partial charge in [-0.15, -0.1) is 6.42 Å². The average molecular weight is 491 g/mol. The molecule has 1 aromatic carbocycles. The first-order valence-electron chi connectivity index (χ1n) is 11.0. The summed E-state index contributed by atoms with van der Waals surface area (Å²) >= 11 is 1.26. The minimum absolute atomic E-state index is 0.100. The highest BCUT2D eigenvalue weighted by molar-refractivity contribution is 8.15. The molecule has 2 aliphatic rings. The van der Waals surface area contributed by atoms with E-state index in [1.54, 1.807) is 31.4 Å². The molecule has 3 atom stereocenters. The quantitative estimate of drug-likeness (QED) is 0.510. The van der Waals surface area contributed by atoms with Crippen molar-refractivity contribution in [3.8, 4) is 18.2 Å². The number of fused-ring (bicyclic) bond motifs is 2. The number of nitrogens with two attached hydrogens (primary N) is 1. The van der Waals surface area contributed by atoms with Crippen LogP contribution in [0, 0.1) is 24.1 Å². The summed E-state index contributed by atoms with van der Waals surface area (Å²) in [6.45, 7) is 1.94. The third kappa shape index (κ3) is 3.86. The van der Waals surface area contributed by atoms with Crippen LogP contribution < -0.4 is 15.8 Å². The molecule has 0 radical (unpaired) electrons. The van der Waals surface area contributed by atoms with E-state index >= 15 is 4.39 Å². The molecule has 2 aromatic heterocycles. The van der Waals surface area contributed by atoms with E-state index in [9.17, 15) is 4.79 Å². The zero-order valence-corrected chi connectivity index (χ0v) is 20.0. The van der Waals surface area contributed by atoms with Crippen LogP contribution in [-0.2, 0) is 16.8 Å². The molecule has 5 rings (SSSR count). The van der Waals surface area contributed by atoms with Gasteiger partial charge in [-0.1, -0.05) is 29.8 Å². The zero-order valence-electron chi connectivity index (χ0n) is 19.2. The molecule has 1 saturated carbocycles. The molecule has 1 amide bonds. The highest BCUT2D eigenvalue weighted by Crippen LogP contribution is 2.66. The van der Waals surface area contributed by atoms with Crippen molar-refractivity contribution in [2.45, 2.75) is 30.1 Å². The minimum Gasteiger partial charge on any atom is -0.463 e. The summed E-state index contributed by atoms with van der Waals surface area (Å²) in [6, 6.07) is 6.67. The maximum Gasteiger partial charge on any atom is 0.236 e. The van der Waals surface area contributed by atoms with Crippen LogP contribution in [0.2, 0.25) is 0 Å². The first-order valence-corrected chi connectivity index (χ1v) is 11.8. The number of benzene rings is 1. The topological polar surface area (TPSA) is 115 Å². The van der Waals surface area contributed by atoms with Crippen molar-refractivity contribution >= 4 is 33.9 Å². The molecule has 1 aliphatic carbocycles. The highest BCUT2D eigenvalue weighted by atomic mass is 32.2. The second kappa shape index (κ2) is 8.50. The second-order valence-electron chi connectivity index (χ2n) is 8.74. The molecular weight excluding hydrogens is 467 g/mol. The maximum absolute atomic E-state index is 15.2. The molecule has 1 fully saturated rings. The Morgan fingerprint density at radius 2 is 2.23 bits per heavy atom. The van der Waals surface area contributed by atoms with Gasteiger partial charge in [0, 0.05) is 31.1 Å². The normalized spacial score (nSPS) is 24.7. The smallest absolute Gasteiger partial charge is 0.236 e. The van der Waals surface area contributed by atoms with Crippen molar-refractivity contribution in [1.82, 2.24) is 20.3 Å². The van der Waals surface area contributed by atoms with E-state index in [0.717, 1.165) is 5.56 Å². The Morgan fingerprint density at radius 1 is 1.40 bits per heavy atom. The molecule has 10 heteroatoms. The highest BCUT2D eigenvalue weighted by Gasteiger charge is 2.70. The lowest BCUT2D eigenvalue weighted by atomic mass is 9.84. The van der Waals surface area contributed by atoms with Gasteiger partial charge in [0.15, 0.2) is 11.8 Å². The van der Waals surface area contributed by atoms with Gasteiger partial charge in [-0.05, 0) is 31.0 Å². The predicted molar refractivity (Wildman–Crippen MR) is 132 cm³/mol. The Balaban J connectivity index is 1.49. The lowest BCUT2D eigenvalue weighted by Crippen LogP contribution is -2.43. The molecule has 0 bridgehead atoms. The van der Waals surface area contributed by atoms with Gasteiger partial charge in [0.25, 0.3) is 0 Å². The number of pyridine rings is 1. The fourth-order valence-corrected chi connectivity index (χ4v) is 6.27. The first-order chi connectivity index (χ1) is 16.8. The van der Waals surface area contributed by atoms with Gasteiger partial charge < -0.3 is 15.8 Å². The number of hydrogen-bond acceptors (Lipinski definition) is 8.